The van der Waals surface area contributed by atoms with Crippen molar-refractivity contribution in [2.45, 2.75) is 11.4 Å². The number of amides is 2. The Morgan fingerprint density at radius 1 is 1.13 bits per heavy atom. The third kappa shape index (κ3) is 3.70. The first-order chi connectivity index (χ1) is 14.5. The van der Waals surface area contributed by atoms with Crippen molar-refractivity contribution >= 4 is 39.5 Å². The van der Waals surface area contributed by atoms with Crippen LogP contribution in [0.4, 0.5) is 5.69 Å². The van der Waals surface area contributed by atoms with E-state index in [9.17, 15) is 19.1 Å². The molecule has 4 rings (SSSR count). The number of rotatable bonds is 4. The summed E-state index contributed by atoms with van der Waals surface area (Å²) >= 11 is -2.07. The second-order valence-corrected chi connectivity index (χ2v) is 7.87. The first kappa shape index (κ1) is 19.8. The molecule has 1 aliphatic heterocycles. The van der Waals surface area contributed by atoms with Crippen molar-refractivity contribution in [1.82, 2.24) is 9.47 Å². The van der Waals surface area contributed by atoms with Gasteiger partial charge in [-0.05, 0) is 30.3 Å². The lowest BCUT2D eigenvalue weighted by Gasteiger charge is -2.34. The Bertz CT molecular complexity index is 1200. The van der Waals surface area contributed by atoms with Gasteiger partial charge in [-0.1, -0.05) is 18.2 Å². The Kier molecular flexibility index (Phi) is 5.35. The summed E-state index contributed by atoms with van der Waals surface area (Å²) in [6, 6.07) is 15.8. The third-order valence-electron chi connectivity index (χ3n) is 5.14. The third-order valence-corrected chi connectivity index (χ3v) is 5.81. The monoisotopic (exact) mass is 422 g/mol. The molecule has 1 saturated heterocycles. The van der Waals surface area contributed by atoms with Gasteiger partial charge in [-0.2, -0.15) is 5.26 Å². The number of hydrogen-bond acceptors (Lipinski definition) is 4. The van der Waals surface area contributed by atoms with Crippen molar-refractivity contribution in [3.63, 3.8) is 0 Å². The molecule has 1 atom stereocenters. The molecule has 0 bridgehead atoms. The van der Waals surface area contributed by atoms with Gasteiger partial charge in [0.15, 0.2) is 11.1 Å². The van der Waals surface area contributed by atoms with E-state index in [2.05, 4.69) is 6.07 Å². The van der Waals surface area contributed by atoms with Crippen molar-refractivity contribution in [2.24, 2.45) is 0 Å². The SMILES string of the molecule is N#Cc1cn(CC(=O)N2CCN(c3ccc(S(=O)O)cc3)C(=O)C2)c2ccccc12. The predicted octanol–water partition coefficient (Wildman–Crippen LogP) is 1.97. The zero-order chi connectivity index (χ0) is 21.3. The van der Waals surface area contributed by atoms with Crippen LogP contribution >= 0.6 is 0 Å². The van der Waals surface area contributed by atoms with E-state index in [1.165, 1.54) is 17.0 Å². The summed E-state index contributed by atoms with van der Waals surface area (Å²) < 4.78 is 21.9. The summed E-state index contributed by atoms with van der Waals surface area (Å²) in [6.07, 6.45) is 1.66. The lowest BCUT2D eigenvalue weighted by molar-refractivity contribution is -0.137. The molecular weight excluding hydrogens is 404 g/mol. The standard InChI is InChI=1S/C21H18N4O4S/c22-11-15-12-24(19-4-2-1-3-18(15)19)13-20(26)23-9-10-25(21(27)14-23)16-5-7-17(8-6-16)30(28)29/h1-8,12H,9-10,13-14H2,(H,28,29). The van der Waals surface area contributed by atoms with Gasteiger partial charge < -0.3 is 18.9 Å². The molecule has 8 nitrogen and oxygen atoms in total. The van der Waals surface area contributed by atoms with Crippen LogP contribution in [0.2, 0.25) is 0 Å². The normalized spacial score (nSPS) is 15.3. The van der Waals surface area contributed by atoms with Crippen molar-refractivity contribution in [3.05, 3.63) is 60.3 Å². The smallest absolute Gasteiger partial charge is 0.246 e. The van der Waals surface area contributed by atoms with Crippen molar-refractivity contribution in [2.75, 3.05) is 24.5 Å². The molecule has 0 saturated carbocycles. The first-order valence-corrected chi connectivity index (χ1v) is 10.4. The molecule has 9 heteroatoms. The molecule has 1 aliphatic rings. The second kappa shape index (κ2) is 8.10. The maximum Gasteiger partial charge on any atom is 0.246 e. The lowest BCUT2D eigenvalue weighted by atomic mass is 10.2. The van der Waals surface area contributed by atoms with Gasteiger partial charge in [0.25, 0.3) is 0 Å². The van der Waals surface area contributed by atoms with E-state index in [1.807, 2.05) is 24.3 Å². The van der Waals surface area contributed by atoms with Gasteiger partial charge in [0.2, 0.25) is 11.8 Å². The number of fused-ring (bicyclic) bond motifs is 1. The van der Waals surface area contributed by atoms with Crippen LogP contribution < -0.4 is 4.90 Å². The summed E-state index contributed by atoms with van der Waals surface area (Å²) in [7, 11) is 0. The highest BCUT2D eigenvalue weighted by atomic mass is 32.2. The number of aromatic nitrogens is 1. The van der Waals surface area contributed by atoms with Crippen LogP contribution in [0.3, 0.4) is 0 Å². The number of nitriles is 1. The zero-order valence-electron chi connectivity index (χ0n) is 15.9. The minimum Gasteiger partial charge on any atom is -0.337 e. The topological polar surface area (TPSA) is 107 Å². The Balaban J connectivity index is 1.46. The number of nitrogens with zero attached hydrogens (tertiary/aromatic N) is 4. The van der Waals surface area contributed by atoms with Crippen LogP contribution in [0.5, 0.6) is 0 Å². The number of benzene rings is 2. The number of hydrogen-bond donors (Lipinski definition) is 1. The molecule has 2 aromatic carbocycles. The molecule has 0 spiro atoms. The van der Waals surface area contributed by atoms with Gasteiger partial charge in [-0.25, -0.2) is 4.21 Å². The minimum absolute atomic E-state index is 0.0448. The Morgan fingerprint density at radius 3 is 2.53 bits per heavy atom. The van der Waals surface area contributed by atoms with Gasteiger partial charge >= 0.3 is 0 Å². The van der Waals surface area contributed by atoms with Gasteiger partial charge in [0.05, 0.1) is 10.5 Å². The van der Waals surface area contributed by atoms with Crippen LogP contribution in [0, 0.1) is 11.3 Å². The maximum absolute atomic E-state index is 12.8. The van der Waals surface area contributed by atoms with E-state index in [-0.39, 0.29) is 29.8 Å². The summed E-state index contributed by atoms with van der Waals surface area (Å²) in [6.45, 7) is 0.716. The molecule has 30 heavy (non-hydrogen) atoms. The Morgan fingerprint density at radius 2 is 1.87 bits per heavy atom. The van der Waals surface area contributed by atoms with Crippen molar-refractivity contribution < 1.29 is 18.4 Å². The zero-order valence-corrected chi connectivity index (χ0v) is 16.7. The van der Waals surface area contributed by atoms with Crippen LogP contribution in [0.1, 0.15) is 5.56 Å². The number of piperazine rings is 1. The van der Waals surface area contributed by atoms with Crippen LogP contribution in [-0.4, -0.2) is 49.7 Å². The molecule has 2 amide bonds. The van der Waals surface area contributed by atoms with E-state index >= 15 is 0 Å². The first-order valence-electron chi connectivity index (χ1n) is 9.25. The quantitative estimate of drug-likeness (QED) is 0.647. The highest BCUT2D eigenvalue weighted by molar-refractivity contribution is 7.79. The second-order valence-electron chi connectivity index (χ2n) is 6.90. The van der Waals surface area contributed by atoms with E-state index < -0.39 is 11.1 Å². The molecule has 2 heterocycles. The number of para-hydroxylation sites is 1. The number of carbonyl (C=O) groups is 2. The summed E-state index contributed by atoms with van der Waals surface area (Å²) in [5, 5.41) is 10.1. The fourth-order valence-corrected chi connectivity index (χ4v) is 3.98. The highest BCUT2D eigenvalue weighted by Gasteiger charge is 2.28. The average molecular weight is 422 g/mol. The molecule has 1 aromatic heterocycles. The fourth-order valence-electron chi connectivity index (χ4n) is 3.61. The summed E-state index contributed by atoms with van der Waals surface area (Å²) in [5.74, 6) is -0.415. The van der Waals surface area contributed by atoms with Crippen molar-refractivity contribution in [1.29, 1.82) is 5.26 Å². The molecule has 0 radical (unpaired) electrons. The highest BCUT2D eigenvalue weighted by Crippen LogP contribution is 2.22. The van der Waals surface area contributed by atoms with E-state index in [0.29, 0.717) is 24.3 Å². The molecule has 0 aliphatic carbocycles. The molecule has 152 valence electrons. The summed E-state index contributed by atoms with van der Waals surface area (Å²) in [5.41, 5.74) is 1.93. The Labute approximate surface area is 175 Å². The van der Waals surface area contributed by atoms with Gasteiger partial charge in [-0.3, -0.25) is 9.59 Å². The molecular formula is C21H18N4O4S. The maximum atomic E-state index is 12.8. The minimum atomic E-state index is -2.07. The Hall–Kier alpha value is -3.48. The molecule has 1 unspecified atom stereocenters. The number of anilines is 1. The molecule has 3 aromatic rings. The fraction of sp³-hybridized carbons (Fsp3) is 0.190. The van der Waals surface area contributed by atoms with E-state index in [0.717, 1.165) is 10.9 Å². The molecule has 1 fully saturated rings. The van der Waals surface area contributed by atoms with Crippen LogP contribution in [-0.2, 0) is 27.2 Å². The van der Waals surface area contributed by atoms with Gasteiger partial charge in [0, 0.05) is 35.9 Å². The average Bonchev–Trinajstić information content (AvgIpc) is 3.11. The van der Waals surface area contributed by atoms with Gasteiger partial charge in [0.1, 0.15) is 19.2 Å². The van der Waals surface area contributed by atoms with Crippen molar-refractivity contribution in [3.8, 4) is 6.07 Å². The largest absolute Gasteiger partial charge is 0.337 e. The molecule has 1 N–H and O–H groups in total. The predicted molar refractivity (Wildman–Crippen MR) is 111 cm³/mol. The summed E-state index contributed by atoms with van der Waals surface area (Å²) in [4.78, 5) is 28.8. The number of carbonyl (C=O) groups excluding carboxylic acids is 2. The van der Waals surface area contributed by atoms with Crippen LogP contribution in [0.15, 0.2) is 59.6 Å². The van der Waals surface area contributed by atoms with E-state index in [1.54, 1.807) is 27.8 Å². The lowest BCUT2D eigenvalue weighted by Crippen LogP contribution is -2.53. The van der Waals surface area contributed by atoms with Gasteiger partial charge in [-0.15, -0.1) is 0 Å². The van der Waals surface area contributed by atoms with Crippen LogP contribution in [0.25, 0.3) is 10.9 Å². The van der Waals surface area contributed by atoms with E-state index in [4.69, 9.17) is 4.55 Å².